The number of rotatable bonds is 4. The molecule has 0 bridgehead atoms. The van der Waals surface area contributed by atoms with E-state index in [2.05, 4.69) is 19.4 Å². The van der Waals surface area contributed by atoms with Crippen LogP contribution in [0.15, 0.2) is 35.2 Å². The van der Waals surface area contributed by atoms with E-state index in [0.717, 1.165) is 0 Å². The summed E-state index contributed by atoms with van der Waals surface area (Å²) in [6, 6.07) is 6.67. The van der Waals surface area contributed by atoms with Crippen molar-refractivity contribution >= 4 is 5.97 Å². The predicted molar refractivity (Wildman–Crippen MR) is 56.4 cm³/mol. The molecule has 0 N–H and O–H groups in total. The molecule has 17 heavy (non-hydrogen) atoms. The van der Waals surface area contributed by atoms with Crippen molar-refractivity contribution < 1.29 is 18.8 Å². The molecule has 0 saturated heterocycles. The lowest BCUT2D eigenvalue weighted by molar-refractivity contribution is 0.0600. The Kier molecular flexibility index (Phi) is 3.34. The van der Waals surface area contributed by atoms with Gasteiger partial charge in [-0.25, -0.2) is 4.79 Å². The summed E-state index contributed by atoms with van der Waals surface area (Å²) in [5.74, 6) is 0.571. The normalized spacial score (nSPS) is 9.94. The number of ether oxygens (including phenoxy) is 2. The van der Waals surface area contributed by atoms with Gasteiger partial charge in [-0.15, -0.1) is 0 Å². The first kappa shape index (κ1) is 11.1. The number of aromatic nitrogens is 2. The molecule has 88 valence electrons. The average molecular weight is 234 g/mol. The summed E-state index contributed by atoms with van der Waals surface area (Å²) in [5, 5.41) is 3.60. The lowest BCUT2D eigenvalue weighted by atomic mass is 10.2. The zero-order valence-electron chi connectivity index (χ0n) is 9.12. The third-order valence-corrected chi connectivity index (χ3v) is 2.03. The molecule has 0 aliphatic rings. The van der Waals surface area contributed by atoms with Gasteiger partial charge in [0.15, 0.2) is 6.61 Å². The molecule has 0 aliphatic carbocycles. The third kappa shape index (κ3) is 2.81. The Bertz CT molecular complexity index is 496. The van der Waals surface area contributed by atoms with E-state index in [-0.39, 0.29) is 6.61 Å². The highest BCUT2D eigenvalue weighted by atomic mass is 16.5. The quantitative estimate of drug-likeness (QED) is 0.745. The second-order valence-electron chi connectivity index (χ2n) is 3.16. The first-order chi connectivity index (χ1) is 8.29. The minimum atomic E-state index is -0.407. The highest BCUT2D eigenvalue weighted by Gasteiger charge is 2.06. The zero-order chi connectivity index (χ0) is 12.1. The summed E-state index contributed by atoms with van der Waals surface area (Å²) >= 11 is 0. The molecular weight excluding hydrogens is 224 g/mol. The van der Waals surface area contributed by atoms with Gasteiger partial charge in [0.25, 0.3) is 0 Å². The van der Waals surface area contributed by atoms with Gasteiger partial charge in [-0.1, -0.05) is 11.2 Å². The maximum Gasteiger partial charge on any atom is 0.337 e. The molecule has 1 heterocycles. The van der Waals surface area contributed by atoms with Gasteiger partial charge in [0, 0.05) is 0 Å². The number of esters is 1. The molecule has 1 aromatic carbocycles. The fraction of sp³-hybridized carbons (Fsp3) is 0.182. The van der Waals surface area contributed by atoms with Crippen LogP contribution in [0.4, 0.5) is 0 Å². The maximum atomic E-state index is 11.3. The lowest BCUT2D eigenvalue weighted by Gasteiger charge is -2.04. The van der Waals surface area contributed by atoms with Crippen LogP contribution in [0.5, 0.6) is 5.75 Å². The average Bonchev–Trinajstić information content (AvgIpc) is 2.89. The molecule has 2 aromatic rings. The molecule has 0 spiro atoms. The molecule has 6 heteroatoms. The molecule has 2 rings (SSSR count). The zero-order valence-corrected chi connectivity index (χ0v) is 9.12. The standard InChI is InChI=1S/C11H10N2O4/c1-15-11(14)8-3-2-4-9(5-8)16-6-10-12-7-17-13-10/h2-5,7H,6H2,1H3. The van der Waals surface area contributed by atoms with E-state index in [1.807, 2.05) is 0 Å². The van der Waals surface area contributed by atoms with Crippen molar-refractivity contribution in [3.05, 3.63) is 42.0 Å². The second-order valence-corrected chi connectivity index (χ2v) is 3.16. The van der Waals surface area contributed by atoms with Crippen molar-refractivity contribution in [1.29, 1.82) is 0 Å². The fourth-order valence-electron chi connectivity index (χ4n) is 1.23. The summed E-state index contributed by atoms with van der Waals surface area (Å²) in [4.78, 5) is 15.1. The Balaban J connectivity index is 2.03. The van der Waals surface area contributed by atoms with Crippen LogP contribution in [0, 0.1) is 0 Å². The first-order valence-electron chi connectivity index (χ1n) is 4.86. The number of hydrogen-bond donors (Lipinski definition) is 0. The summed E-state index contributed by atoms with van der Waals surface area (Å²) in [7, 11) is 1.33. The summed E-state index contributed by atoms with van der Waals surface area (Å²) in [6.45, 7) is 0.182. The van der Waals surface area contributed by atoms with Crippen LogP contribution in [0.1, 0.15) is 16.2 Å². The van der Waals surface area contributed by atoms with Crippen molar-refractivity contribution in [3.8, 4) is 5.75 Å². The van der Waals surface area contributed by atoms with E-state index in [4.69, 9.17) is 4.74 Å². The molecule has 0 fully saturated rings. The topological polar surface area (TPSA) is 74.5 Å². The Morgan fingerprint density at radius 3 is 3.06 bits per heavy atom. The minimum absolute atomic E-state index is 0.182. The molecule has 0 radical (unpaired) electrons. The van der Waals surface area contributed by atoms with Crippen LogP contribution >= 0.6 is 0 Å². The van der Waals surface area contributed by atoms with Gasteiger partial charge >= 0.3 is 5.97 Å². The van der Waals surface area contributed by atoms with Crippen molar-refractivity contribution in [3.63, 3.8) is 0 Å². The van der Waals surface area contributed by atoms with E-state index in [1.54, 1.807) is 24.3 Å². The van der Waals surface area contributed by atoms with Gasteiger partial charge < -0.3 is 14.0 Å². The van der Waals surface area contributed by atoms with Gasteiger partial charge in [0.05, 0.1) is 12.7 Å². The number of methoxy groups -OCH3 is 1. The van der Waals surface area contributed by atoms with E-state index in [0.29, 0.717) is 17.1 Å². The molecule has 6 nitrogen and oxygen atoms in total. The lowest BCUT2D eigenvalue weighted by Crippen LogP contribution is -2.02. The highest BCUT2D eigenvalue weighted by molar-refractivity contribution is 5.89. The number of nitrogens with zero attached hydrogens (tertiary/aromatic N) is 2. The first-order valence-corrected chi connectivity index (χ1v) is 4.86. The second kappa shape index (κ2) is 5.11. The molecule has 0 amide bonds. The highest BCUT2D eigenvalue weighted by Crippen LogP contribution is 2.15. The van der Waals surface area contributed by atoms with Crippen molar-refractivity contribution in [1.82, 2.24) is 10.1 Å². The van der Waals surface area contributed by atoms with Crippen LogP contribution in [-0.4, -0.2) is 23.2 Å². The largest absolute Gasteiger partial charge is 0.485 e. The monoisotopic (exact) mass is 234 g/mol. The molecule has 0 unspecified atom stereocenters. The Morgan fingerprint density at radius 1 is 1.47 bits per heavy atom. The molecule has 1 aromatic heterocycles. The van der Waals surface area contributed by atoms with E-state index < -0.39 is 5.97 Å². The van der Waals surface area contributed by atoms with Crippen LogP contribution in [0.3, 0.4) is 0 Å². The maximum absolute atomic E-state index is 11.3. The SMILES string of the molecule is COC(=O)c1cccc(OCc2ncon2)c1. The van der Waals surface area contributed by atoms with Crippen molar-refractivity contribution in [2.24, 2.45) is 0 Å². The number of benzene rings is 1. The number of carbonyl (C=O) groups is 1. The Morgan fingerprint density at radius 2 is 2.35 bits per heavy atom. The number of hydrogen-bond acceptors (Lipinski definition) is 6. The number of carbonyl (C=O) groups excluding carboxylic acids is 1. The molecular formula is C11H10N2O4. The molecule has 0 atom stereocenters. The van der Waals surface area contributed by atoms with E-state index in [9.17, 15) is 4.79 Å². The Labute approximate surface area is 97.2 Å². The van der Waals surface area contributed by atoms with Crippen LogP contribution in [-0.2, 0) is 11.3 Å². The van der Waals surface area contributed by atoms with Crippen LogP contribution in [0.2, 0.25) is 0 Å². The molecule has 0 aliphatic heterocycles. The Hall–Kier alpha value is -2.37. The molecule has 0 saturated carbocycles. The van der Waals surface area contributed by atoms with Crippen molar-refractivity contribution in [2.45, 2.75) is 6.61 Å². The summed E-state index contributed by atoms with van der Waals surface area (Å²) in [6.07, 6.45) is 1.23. The minimum Gasteiger partial charge on any atom is -0.485 e. The van der Waals surface area contributed by atoms with Crippen molar-refractivity contribution in [2.75, 3.05) is 7.11 Å². The fourth-order valence-corrected chi connectivity index (χ4v) is 1.23. The van der Waals surface area contributed by atoms with Gasteiger partial charge in [-0.3, -0.25) is 0 Å². The summed E-state index contributed by atoms with van der Waals surface area (Å²) < 4.78 is 14.6. The van der Waals surface area contributed by atoms with E-state index in [1.165, 1.54) is 13.5 Å². The smallest absolute Gasteiger partial charge is 0.337 e. The van der Waals surface area contributed by atoms with Crippen LogP contribution in [0.25, 0.3) is 0 Å². The van der Waals surface area contributed by atoms with Gasteiger partial charge in [-0.05, 0) is 18.2 Å². The van der Waals surface area contributed by atoms with Gasteiger partial charge in [0.2, 0.25) is 12.2 Å². The van der Waals surface area contributed by atoms with E-state index >= 15 is 0 Å². The third-order valence-electron chi connectivity index (χ3n) is 2.03. The summed E-state index contributed by atoms with van der Waals surface area (Å²) in [5.41, 5.74) is 0.429. The van der Waals surface area contributed by atoms with Crippen LogP contribution < -0.4 is 4.74 Å². The van der Waals surface area contributed by atoms with Gasteiger partial charge in [-0.2, -0.15) is 4.98 Å². The predicted octanol–water partition coefficient (Wildman–Crippen LogP) is 1.44. The van der Waals surface area contributed by atoms with Gasteiger partial charge in [0.1, 0.15) is 5.75 Å².